The maximum atomic E-state index is 12.2. The van der Waals surface area contributed by atoms with Crippen LogP contribution in [0, 0.1) is 0 Å². The van der Waals surface area contributed by atoms with Gasteiger partial charge in [0.1, 0.15) is 0 Å². The van der Waals surface area contributed by atoms with Crippen molar-refractivity contribution in [3.05, 3.63) is 35.9 Å². The highest BCUT2D eigenvalue weighted by Crippen LogP contribution is 2.43. The summed E-state index contributed by atoms with van der Waals surface area (Å²) in [4.78, 5) is 4.24. The molecule has 1 heterocycles. The van der Waals surface area contributed by atoms with Crippen LogP contribution in [0.3, 0.4) is 0 Å². The maximum Gasteiger partial charge on any atom is 0.213 e. The van der Waals surface area contributed by atoms with Crippen molar-refractivity contribution in [3.63, 3.8) is 0 Å². The molecule has 1 saturated heterocycles. The van der Waals surface area contributed by atoms with Gasteiger partial charge in [-0.05, 0) is 37.7 Å². The first-order chi connectivity index (χ1) is 14.0. The fourth-order valence-electron chi connectivity index (χ4n) is 4.00. The quantitative estimate of drug-likeness (QED) is 0.250. The highest BCUT2D eigenvalue weighted by atomic mass is 127. The lowest BCUT2D eigenvalue weighted by Crippen LogP contribution is -2.49. The summed E-state index contributed by atoms with van der Waals surface area (Å²) in [7, 11) is -1.63. The second-order valence-corrected chi connectivity index (χ2v) is 9.93. The van der Waals surface area contributed by atoms with Gasteiger partial charge in [-0.2, -0.15) is 0 Å². The number of hydrogen-bond donors (Lipinski definition) is 3. The Hall–Kier alpha value is -0.910. The smallest absolute Gasteiger partial charge is 0.213 e. The highest BCUT2D eigenvalue weighted by molar-refractivity contribution is 14.0. The molecule has 1 unspecified atom stereocenters. The number of sulfonamides is 1. The summed E-state index contributed by atoms with van der Waals surface area (Å²) in [5, 5.41) is 6.51. The molecule has 170 valence electrons. The minimum absolute atomic E-state index is 0. The first-order valence-corrected chi connectivity index (χ1v) is 12.3. The van der Waals surface area contributed by atoms with Gasteiger partial charge in [0.15, 0.2) is 5.96 Å². The van der Waals surface area contributed by atoms with Crippen molar-refractivity contribution in [1.82, 2.24) is 15.4 Å². The third kappa shape index (κ3) is 7.35. The molecular weight excluding hydrogens is 515 g/mol. The number of ether oxygens (including phenoxy) is 1. The second-order valence-electron chi connectivity index (χ2n) is 8.01. The molecule has 3 rings (SSSR count). The van der Waals surface area contributed by atoms with Gasteiger partial charge in [0.25, 0.3) is 0 Å². The molecule has 7 nitrogen and oxygen atoms in total. The van der Waals surface area contributed by atoms with E-state index in [-0.39, 0.29) is 41.2 Å². The third-order valence-electron chi connectivity index (χ3n) is 5.98. The highest BCUT2D eigenvalue weighted by Gasteiger charge is 2.38. The monoisotopic (exact) mass is 550 g/mol. The van der Waals surface area contributed by atoms with Gasteiger partial charge in [-0.1, -0.05) is 36.8 Å². The molecule has 1 aliphatic heterocycles. The molecular formula is C21H35IN4O3S. The van der Waals surface area contributed by atoms with E-state index in [2.05, 4.69) is 44.6 Å². The van der Waals surface area contributed by atoms with Crippen LogP contribution in [0.25, 0.3) is 0 Å². The fourth-order valence-corrected chi connectivity index (χ4v) is 4.96. The molecule has 0 aromatic heterocycles. The topological polar surface area (TPSA) is 91.8 Å². The van der Waals surface area contributed by atoms with Crippen LogP contribution >= 0.6 is 24.0 Å². The van der Waals surface area contributed by atoms with E-state index in [4.69, 9.17) is 4.74 Å². The number of nitrogens with zero attached hydrogens (tertiary/aromatic N) is 1. The number of benzene rings is 1. The third-order valence-corrected chi connectivity index (χ3v) is 7.33. The summed E-state index contributed by atoms with van der Waals surface area (Å²) in [5.74, 6) is 0.641. The van der Waals surface area contributed by atoms with E-state index >= 15 is 0 Å². The van der Waals surface area contributed by atoms with Crippen molar-refractivity contribution >= 4 is 40.0 Å². The van der Waals surface area contributed by atoms with Crippen molar-refractivity contribution in [2.24, 2.45) is 4.99 Å². The zero-order chi connectivity index (χ0) is 20.6. The first kappa shape index (κ1) is 25.4. The molecule has 3 N–H and O–H groups in total. The molecule has 1 aromatic carbocycles. The minimum atomic E-state index is -3.34. The molecule has 1 aliphatic carbocycles. The molecule has 2 aliphatic rings. The summed E-state index contributed by atoms with van der Waals surface area (Å²) in [6.45, 7) is 2.18. The molecule has 9 heteroatoms. The van der Waals surface area contributed by atoms with E-state index in [1.807, 2.05) is 6.07 Å². The number of aliphatic imine (C=N–C) groups is 1. The van der Waals surface area contributed by atoms with Crippen LogP contribution in [0.4, 0.5) is 0 Å². The Labute approximate surface area is 197 Å². The van der Waals surface area contributed by atoms with Crippen molar-refractivity contribution in [2.75, 3.05) is 39.0 Å². The molecule has 1 aromatic rings. The average molecular weight is 551 g/mol. The molecule has 0 bridgehead atoms. The van der Waals surface area contributed by atoms with Crippen molar-refractivity contribution in [2.45, 2.75) is 50.0 Å². The second kappa shape index (κ2) is 12.2. The lowest BCUT2D eigenvalue weighted by atomic mass is 9.64. The van der Waals surface area contributed by atoms with Crippen LogP contribution in [-0.2, 0) is 20.2 Å². The number of rotatable bonds is 9. The Morgan fingerprint density at radius 2 is 1.93 bits per heavy atom. The van der Waals surface area contributed by atoms with Crippen LogP contribution in [0.5, 0.6) is 0 Å². The Balaban J connectivity index is 0.00000320. The summed E-state index contributed by atoms with van der Waals surface area (Å²) in [6, 6.07) is 10.6. The Morgan fingerprint density at radius 3 is 2.53 bits per heavy atom. The number of hydrogen-bond acceptors (Lipinski definition) is 4. The van der Waals surface area contributed by atoms with Gasteiger partial charge in [0, 0.05) is 38.7 Å². The van der Waals surface area contributed by atoms with Crippen molar-refractivity contribution in [1.29, 1.82) is 0 Å². The van der Waals surface area contributed by atoms with Gasteiger partial charge < -0.3 is 15.4 Å². The zero-order valence-corrected chi connectivity index (χ0v) is 20.9. The predicted octanol–water partition coefficient (Wildman–Crippen LogP) is 2.38. The van der Waals surface area contributed by atoms with Crippen molar-refractivity contribution < 1.29 is 13.2 Å². The van der Waals surface area contributed by atoms with E-state index in [9.17, 15) is 8.42 Å². The van der Waals surface area contributed by atoms with Gasteiger partial charge in [0.05, 0.1) is 11.9 Å². The average Bonchev–Trinajstić information content (AvgIpc) is 2.72. The summed E-state index contributed by atoms with van der Waals surface area (Å²) in [5.41, 5.74) is 1.50. The summed E-state index contributed by atoms with van der Waals surface area (Å²) < 4.78 is 32.7. The van der Waals surface area contributed by atoms with Crippen LogP contribution in [-0.4, -0.2) is 59.5 Å². The maximum absolute atomic E-state index is 12.2. The van der Waals surface area contributed by atoms with Crippen LogP contribution in [0.1, 0.15) is 44.1 Å². The van der Waals surface area contributed by atoms with Crippen LogP contribution in [0.15, 0.2) is 35.3 Å². The summed E-state index contributed by atoms with van der Waals surface area (Å²) in [6.07, 6.45) is 6.62. The SMILES string of the molecule is CN=C(NCCS(=O)(=O)NCC1CCCCO1)NCC1(c2ccccc2)CCC1.I. The minimum Gasteiger partial charge on any atom is -0.377 e. The lowest BCUT2D eigenvalue weighted by molar-refractivity contribution is 0.0200. The number of halogens is 1. The van der Waals surface area contributed by atoms with Gasteiger partial charge >= 0.3 is 0 Å². The Bertz CT molecular complexity index is 764. The standard InChI is InChI=1S/C21H34N4O3S.HI/c1-22-20(24-17-21(11-7-12-21)18-8-3-2-4-9-18)23-13-15-29(26,27)25-16-19-10-5-6-14-28-19;/h2-4,8-9,19,25H,5-7,10-17H2,1H3,(H2,22,23,24);1H. The molecule has 0 amide bonds. The van der Waals surface area contributed by atoms with E-state index in [1.54, 1.807) is 7.05 Å². The molecule has 2 fully saturated rings. The van der Waals surface area contributed by atoms with Crippen LogP contribution < -0.4 is 15.4 Å². The van der Waals surface area contributed by atoms with Gasteiger partial charge in [-0.25, -0.2) is 13.1 Å². The van der Waals surface area contributed by atoms with E-state index in [0.717, 1.165) is 45.3 Å². The summed E-state index contributed by atoms with van der Waals surface area (Å²) >= 11 is 0. The predicted molar refractivity (Wildman–Crippen MR) is 132 cm³/mol. The van der Waals surface area contributed by atoms with Gasteiger partial charge in [-0.3, -0.25) is 4.99 Å². The zero-order valence-electron chi connectivity index (χ0n) is 17.7. The number of nitrogens with one attached hydrogen (secondary N) is 3. The molecule has 30 heavy (non-hydrogen) atoms. The largest absolute Gasteiger partial charge is 0.377 e. The lowest BCUT2D eigenvalue weighted by Gasteiger charge is -2.43. The first-order valence-electron chi connectivity index (χ1n) is 10.6. The van der Waals surface area contributed by atoms with Gasteiger partial charge in [-0.15, -0.1) is 24.0 Å². The molecule has 0 spiro atoms. The fraction of sp³-hybridized carbons (Fsp3) is 0.667. The number of guanidine groups is 1. The van der Waals surface area contributed by atoms with E-state index in [1.165, 1.54) is 12.0 Å². The van der Waals surface area contributed by atoms with Crippen LogP contribution in [0.2, 0.25) is 0 Å². The molecule has 1 atom stereocenters. The Morgan fingerprint density at radius 1 is 1.17 bits per heavy atom. The van der Waals surface area contributed by atoms with Crippen molar-refractivity contribution in [3.8, 4) is 0 Å². The molecule has 1 saturated carbocycles. The van der Waals surface area contributed by atoms with E-state index < -0.39 is 10.0 Å². The Kier molecular flexibility index (Phi) is 10.3. The van der Waals surface area contributed by atoms with E-state index in [0.29, 0.717) is 19.0 Å². The molecule has 0 radical (unpaired) electrons. The van der Waals surface area contributed by atoms with Gasteiger partial charge in [0.2, 0.25) is 10.0 Å². The normalized spacial score (nSPS) is 21.2.